The van der Waals surface area contributed by atoms with Crippen LogP contribution in [-0.4, -0.2) is 136 Å². The summed E-state index contributed by atoms with van der Waals surface area (Å²) in [6, 6.07) is -2.87. The lowest BCUT2D eigenvalue weighted by Crippen LogP contribution is -2.53. The molecule has 0 aromatic carbocycles. The van der Waals surface area contributed by atoms with Crippen molar-refractivity contribution >= 4 is 41.5 Å². The Balaban J connectivity index is 2.03. The normalized spacial score (nSPS) is 13.8. The first-order valence-corrected chi connectivity index (χ1v) is 15.4. The van der Waals surface area contributed by atoms with Gasteiger partial charge in [-0.15, -0.1) is 0 Å². The van der Waals surface area contributed by atoms with Crippen LogP contribution in [0.1, 0.15) is 39.5 Å². The molecule has 0 fully saturated rings. The van der Waals surface area contributed by atoms with E-state index in [9.17, 15) is 38.7 Å². The fourth-order valence-electron chi connectivity index (χ4n) is 3.96. The van der Waals surface area contributed by atoms with Gasteiger partial charge in [0.15, 0.2) is 0 Å². The molecule has 0 spiro atoms. The molecule has 0 bridgehead atoms. The average Bonchev–Trinajstić information content (AvgIpc) is 3.33. The molecule has 7 N–H and O–H groups in total. The zero-order valence-electron chi connectivity index (χ0n) is 27.0. The van der Waals surface area contributed by atoms with Gasteiger partial charge in [-0.25, -0.2) is 9.59 Å². The lowest BCUT2D eigenvalue weighted by Gasteiger charge is -2.24. The zero-order valence-corrected chi connectivity index (χ0v) is 27.0. The number of urea groups is 1. The number of hydrogen-bond acceptors (Lipinski definition) is 11. The van der Waals surface area contributed by atoms with Crippen molar-refractivity contribution in [3.8, 4) is 0 Å². The maximum Gasteiger partial charge on any atom is 0.326 e. The van der Waals surface area contributed by atoms with Crippen molar-refractivity contribution in [1.29, 1.82) is 0 Å². The summed E-state index contributed by atoms with van der Waals surface area (Å²) in [5.74, 6) is -3.74. The summed E-state index contributed by atoms with van der Waals surface area (Å²) in [4.78, 5) is 83.0. The van der Waals surface area contributed by atoms with Crippen molar-refractivity contribution in [2.24, 2.45) is 11.7 Å². The highest BCUT2D eigenvalue weighted by atomic mass is 16.6. The standard InChI is InChI=1S/C29H48N6O12/c1-20(2)26(27(40)33-21(28(41)42)4-3-9-32-29(30)43)34-23(37)8-12-44-14-16-46-18-19-47-17-15-45-13-10-31-22(36)7-11-35-24(38)5-6-25(35)39/h5-6,20-21,26H,3-4,7-19H2,1-2H3,(H,31,36)(H,33,40)(H,34,37)(H,41,42)(H3,30,32,43)/t21-,26?/m0/s1. The molecule has 1 rings (SSSR count). The van der Waals surface area contributed by atoms with Crippen LogP contribution >= 0.6 is 0 Å². The van der Waals surface area contributed by atoms with Crippen molar-refractivity contribution in [3.05, 3.63) is 12.2 Å². The topological polar surface area (TPSA) is 254 Å². The summed E-state index contributed by atoms with van der Waals surface area (Å²) in [7, 11) is 0. The van der Waals surface area contributed by atoms with E-state index in [1.165, 1.54) is 12.2 Å². The van der Waals surface area contributed by atoms with Gasteiger partial charge in [-0.3, -0.25) is 28.9 Å². The van der Waals surface area contributed by atoms with Crippen LogP contribution in [0.25, 0.3) is 0 Å². The molecule has 0 radical (unpaired) electrons. The fraction of sp³-hybridized carbons (Fsp3) is 0.690. The largest absolute Gasteiger partial charge is 0.480 e. The molecule has 0 saturated carbocycles. The van der Waals surface area contributed by atoms with Gasteiger partial charge >= 0.3 is 12.0 Å². The van der Waals surface area contributed by atoms with E-state index in [0.29, 0.717) is 26.4 Å². The molecule has 1 heterocycles. The lowest BCUT2D eigenvalue weighted by atomic mass is 10.0. The molecule has 1 unspecified atom stereocenters. The van der Waals surface area contributed by atoms with E-state index < -0.39 is 47.7 Å². The minimum absolute atomic E-state index is 0.0111. The van der Waals surface area contributed by atoms with E-state index in [1.54, 1.807) is 13.8 Å². The number of amides is 7. The second-order valence-corrected chi connectivity index (χ2v) is 10.6. The number of nitrogens with one attached hydrogen (secondary N) is 4. The molecule has 7 amide bonds. The molecule has 0 aromatic heterocycles. The van der Waals surface area contributed by atoms with Gasteiger partial charge in [0.05, 0.1) is 52.9 Å². The lowest BCUT2D eigenvalue weighted by molar-refractivity contribution is -0.142. The van der Waals surface area contributed by atoms with Crippen molar-refractivity contribution in [3.63, 3.8) is 0 Å². The number of ether oxygens (including phenoxy) is 4. The Labute approximate surface area is 273 Å². The average molecular weight is 673 g/mol. The van der Waals surface area contributed by atoms with Crippen LogP contribution in [0.5, 0.6) is 0 Å². The minimum atomic E-state index is -1.23. The van der Waals surface area contributed by atoms with Crippen LogP contribution in [0.4, 0.5) is 4.79 Å². The third kappa shape index (κ3) is 19.2. The second kappa shape index (κ2) is 24.1. The van der Waals surface area contributed by atoms with Crippen LogP contribution < -0.4 is 27.0 Å². The summed E-state index contributed by atoms with van der Waals surface area (Å²) in [6.45, 7) is 6.10. The van der Waals surface area contributed by atoms with Gasteiger partial charge < -0.3 is 51.1 Å². The minimum Gasteiger partial charge on any atom is -0.480 e. The van der Waals surface area contributed by atoms with Gasteiger partial charge in [0.2, 0.25) is 17.7 Å². The Morgan fingerprint density at radius 1 is 0.766 bits per heavy atom. The molecule has 266 valence electrons. The van der Waals surface area contributed by atoms with Crippen molar-refractivity contribution in [2.75, 3.05) is 72.5 Å². The van der Waals surface area contributed by atoms with Gasteiger partial charge in [0.1, 0.15) is 12.1 Å². The van der Waals surface area contributed by atoms with E-state index in [0.717, 1.165) is 4.90 Å². The quantitative estimate of drug-likeness (QED) is 0.0411. The zero-order chi connectivity index (χ0) is 35.0. The highest BCUT2D eigenvalue weighted by molar-refractivity contribution is 6.13. The molecule has 18 nitrogen and oxygen atoms in total. The van der Waals surface area contributed by atoms with Crippen molar-refractivity contribution < 1.29 is 57.6 Å². The Morgan fingerprint density at radius 2 is 1.32 bits per heavy atom. The number of carboxylic acids is 1. The predicted octanol–water partition coefficient (Wildman–Crippen LogP) is -1.97. The molecule has 0 aliphatic carbocycles. The van der Waals surface area contributed by atoms with E-state index >= 15 is 0 Å². The molecular weight excluding hydrogens is 624 g/mol. The number of aliphatic carboxylic acids is 1. The van der Waals surface area contributed by atoms with Gasteiger partial charge in [-0.1, -0.05) is 13.8 Å². The number of nitrogens with zero attached hydrogens (tertiary/aromatic N) is 1. The third-order valence-electron chi connectivity index (χ3n) is 6.47. The maximum absolute atomic E-state index is 12.7. The van der Waals surface area contributed by atoms with E-state index in [-0.39, 0.29) is 83.6 Å². The molecule has 18 heteroatoms. The van der Waals surface area contributed by atoms with Crippen LogP contribution in [0.2, 0.25) is 0 Å². The van der Waals surface area contributed by atoms with Gasteiger partial charge in [-0.2, -0.15) is 0 Å². The van der Waals surface area contributed by atoms with E-state index in [4.69, 9.17) is 24.7 Å². The monoisotopic (exact) mass is 672 g/mol. The summed E-state index contributed by atoms with van der Waals surface area (Å²) in [5.41, 5.74) is 4.98. The number of carbonyl (C=O) groups is 7. The van der Waals surface area contributed by atoms with E-state index in [1.807, 2.05) is 0 Å². The second-order valence-electron chi connectivity index (χ2n) is 10.6. The van der Waals surface area contributed by atoms with Crippen LogP contribution in [0.3, 0.4) is 0 Å². The van der Waals surface area contributed by atoms with Crippen molar-refractivity contribution in [2.45, 2.75) is 51.6 Å². The van der Waals surface area contributed by atoms with Gasteiger partial charge in [0.25, 0.3) is 11.8 Å². The predicted molar refractivity (Wildman–Crippen MR) is 165 cm³/mol. The number of rotatable bonds is 27. The van der Waals surface area contributed by atoms with Crippen LogP contribution in [0, 0.1) is 5.92 Å². The molecule has 0 saturated heterocycles. The highest BCUT2D eigenvalue weighted by Crippen LogP contribution is 2.06. The first-order valence-electron chi connectivity index (χ1n) is 15.4. The summed E-state index contributed by atoms with van der Waals surface area (Å²) < 4.78 is 21.6. The van der Waals surface area contributed by atoms with Crippen LogP contribution in [0.15, 0.2) is 12.2 Å². The maximum atomic E-state index is 12.7. The van der Waals surface area contributed by atoms with Crippen LogP contribution in [-0.2, 0) is 47.7 Å². The molecule has 47 heavy (non-hydrogen) atoms. The first kappa shape index (κ1) is 40.9. The van der Waals surface area contributed by atoms with E-state index in [2.05, 4.69) is 21.3 Å². The Bertz CT molecular complexity index is 1050. The SMILES string of the molecule is CC(C)C(NC(=O)CCOCCOCCOCCOCCNC(=O)CCN1C(=O)C=CC1=O)C(=O)N[C@@H](CCCNC(N)=O)C(=O)O. The smallest absolute Gasteiger partial charge is 0.326 e. The number of imide groups is 1. The van der Waals surface area contributed by atoms with Crippen molar-refractivity contribution in [1.82, 2.24) is 26.2 Å². The van der Waals surface area contributed by atoms with Gasteiger partial charge in [-0.05, 0) is 18.8 Å². The third-order valence-corrected chi connectivity index (χ3v) is 6.47. The van der Waals surface area contributed by atoms with Gasteiger partial charge in [0, 0.05) is 44.6 Å². The molecular formula is C29H48N6O12. The fourth-order valence-corrected chi connectivity index (χ4v) is 3.96. The molecule has 0 aromatic rings. The first-order chi connectivity index (χ1) is 22.4. The number of hydrogen-bond donors (Lipinski definition) is 6. The summed E-state index contributed by atoms with van der Waals surface area (Å²) in [5, 5.41) is 19.5. The molecule has 1 aliphatic rings. The number of primary amides is 1. The summed E-state index contributed by atoms with van der Waals surface area (Å²) >= 11 is 0. The molecule has 2 atom stereocenters. The Morgan fingerprint density at radius 3 is 1.85 bits per heavy atom. The Kier molecular flexibility index (Phi) is 21.0. The number of carbonyl (C=O) groups excluding carboxylic acids is 6. The number of carboxylic acid groups (broad SMARTS) is 1. The molecule has 1 aliphatic heterocycles. The highest BCUT2D eigenvalue weighted by Gasteiger charge is 2.28. The Hall–Kier alpha value is -4.13. The summed E-state index contributed by atoms with van der Waals surface area (Å²) in [6.07, 6.45) is 2.69. The number of nitrogens with two attached hydrogens (primary N) is 1.